The molecule has 2 amide bonds. The van der Waals surface area contributed by atoms with E-state index in [1.165, 1.54) is 18.2 Å². The molecule has 0 atom stereocenters. The van der Waals surface area contributed by atoms with Gasteiger partial charge in [0.25, 0.3) is 15.9 Å². The molecule has 3 N–H and O–H groups in total. The highest BCUT2D eigenvalue weighted by Crippen LogP contribution is 2.15. The highest BCUT2D eigenvalue weighted by atomic mass is 32.2. The Bertz CT molecular complexity index is 903. The van der Waals surface area contributed by atoms with Gasteiger partial charge in [0.2, 0.25) is 5.91 Å². The number of benzene rings is 2. The van der Waals surface area contributed by atoms with Crippen molar-refractivity contribution in [2.24, 2.45) is 5.73 Å². The topological polar surface area (TPSA) is 106 Å². The van der Waals surface area contributed by atoms with Crippen LogP contribution in [0.25, 0.3) is 6.08 Å². The highest BCUT2D eigenvalue weighted by Gasteiger charge is 2.18. The van der Waals surface area contributed by atoms with Gasteiger partial charge in [0.1, 0.15) is 0 Å². The normalized spacial score (nSPS) is 11.4. The number of amides is 2. The summed E-state index contributed by atoms with van der Waals surface area (Å²) in [7, 11) is -4.10. The lowest BCUT2D eigenvalue weighted by atomic mass is 10.1. The summed E-state index contributed by atoms with van der Waals surface area (Å²) in [4.78, 5) is 22.9. The van der Waals surface area contributed by atoms with Crippen LogP contribution in [-0.4, -0.2) is 20.2 Å². The maximum absolute atomic E-state index is 12.2. The molecule has 24 heavy (non-hydrogen) atoms. The van der Waals surface area contributed by atoms with Crippen molar-refractivity contribution in [3.05, 3.63) is 71.3 Å². The zero-order valence-corrected chi connectivity index (χ0v) is 13.7. The number of rotatable bonds is 5. The van der Waals surface area contributed by atoms with Gasteiger partial charge in [0.15, 0.2) is 0 Å². The first kappa shape index (κ1) is 17.4. The summed E-state index contributed by atoms with van der Waals surface area (Å²) in [5, 5.41) is 0. The SMILES string of the molecule is Cc1ccc(S(=O)(=O)NC(=O)C=Cc2ccccc2)cc1C(N)=O. The van der Waals surface area contributed by atoms with E-state index < -0.39 is 21.8 Å². The number of nitrogens with one attached hydrogen (secondary N) is 1. The largest absolute Gasteiger partial charge is 0.366 e. The predicted molar refractivity (Wildman–Crippen MR) is 90.5 cm³/mol. The molecule has 0 radical (unpaired) electrons. The van der Waals surface area contributed by atoms with Gasteiger partial charge >= 0.3 is 0 Å². The van der Waals surface area contributed by atoms with Crippen LogP contribution in [-0.2, 0) is 14.8 Å². The van der Waals surface area contributed by atoms with Crippen LogP contribution in [0.15, 0.2) is 59.5 Å². The molecule has 2 aromatic carbocycles. The second kappa shape index (κ2) is 7.10. The second-order valence-electron chi connectivity index (χ2n) is 5.05. The maximum Gasteiger partial charge on any atom is 0.264 e. The molecule has 0 spiro atoms. The minimum atomic E-state index is -4.10. The number of hydrogen-bond donors (Lipinski definition) is 2. The molecule has 2 rings (SSSR count). The van der Waals surface area contributed by atoms with Crippen molar-refractivity contribution in [1.82, 2.24) is 4.72 Å². The Hall–Kier alpha value is -2.93. The summed E-state index contributed by atoms with van der Waals surface area (Å²) in [5.41, 5.74) is 6.61. The molecule has 0 saturated carbocycles. The second-order valence-corrected chi connectivity index (χ2v) is 6.74. The summed E-state index contributed by atoms with van der Waals surface area (Å²) in [6.45, 7) is 1.64. The number of nitrogens with two attached hydrogens (primary N) is 1. The molecule has 0 aliphatic heterocycles. The Balaban J connectivity index is 2.19. The van der Waals surface area contributed by atoms with Crippen molar-refractivity contribution in [2.45, 2.75) is 11.8 Å². The van der Waals surface area contributed by atoms with Gasteiger partial charge in [-0.2, -0.15) is 0 Å². The number of sulfonamides is 1. The van der Waals surface area contributed by atoms with Gasteiger partial charge in [-0.15, -0.1) is 0 Å². The first-order chi connectivity index (χ1) is 11.3. The Morgan fingerprint density at radius 2 is 1.75 bits per heavy atom. The summed E-state index contributed by atoms with van der Waals surface area (Å²) < 4.78 is 26.4. The van der Waals surface area contributed by atoms with E-state index in [1.54, 1.807) is 31.2 Å². The average molecular weight is 344 g/mol. The van der Waals surface area contributed by atoms with Crippen molar-refractivity contribution >= 4 is 27.9 Å². The number of carbonyl (C=O) groups is 2. The number of hydrogen-bond acceptors (Lipinski definition) is 4. The molecular weight excluding hydrogens is 328 g/mol. The minimum Gasteiger partial charge on any atom is -0.366 e. The Morgan fingerprint density at radius 1 is 1.08 bits per heavy atom. The monoisotopic (exact) mass is 344 g/mol. The molecule has 0 aliphatic rings. The van der Waals surface area contributed by atoms with Crippen molar-refractivity contribution in [3.8, 4) is 0 Å². The lowest BCUT2D eigenvalue weighted by molar-refractivity contribution is -0.114. The lowest BCUT2D eigenvalue weighted by Gasteiger charge is -2.08. The zero-order valence-electron chi connectivity index (χ0n) is 12.9. The predicted octanol–water partition coefficient (Wildman–Crippen LogP) is 1.61. The molecule has 124 valence electrons. The third kappa shape index (κ3) is 4.30. The van der Waals surface area contributed by atoms with E-state index in [0.717, 1.165) is 17.7 Å². The highest BCUT2D eigenvalue weighted by molar-refractivity contribution is 7.90. The van der Waals surface area contributed by atoms with Crippen LogP contribution in [0.4, 0.5) is 0 Å². The minimum absolute atomic E-state index is 0.0881. The van der Waals surface area contributed by atoms with Gasteiger partial charge in [-0.05, 0) is 36.3 Å². The van der Waals surface area contributed by atoms with Gasteiger partial charge in [0, 0.05) is 11.6 Å². The van der Waals surface area contributed by atoms with Crippen LogP contribution in [0, 0.1) is 6.92 Å². The molecule has 6 nitrogen and oxygen atoms in total. The molecular formula is C17H16N2O4S. The summed E-state index contributed by atoms with van der Waals surface area (Å²) in [6.07, 6.45) is 2.62. The summed E-state index contributed by atoms with van der Waals surface area (Å²) in [6, 6.07) is 12.9. The average Bonchev–Trinajstić information content (AvgIpc) is 2.53. The standard InChI is InChI=1S/C17H16N2O4S/c1-12-7-9-14(11-15(12)17(18)21)24(22,23)19-16(20)10-8-13-5-3-2-4-6-13/h2-11H,1H3,(H2,18,21)(H,19,20). The Labute approximate surface area is 140 Å². The first-order valence-electron chi connectivity index (χ1n) is 7.00. The first-order valence-corrected chi connectivity index (χ1v) is 8.48. The van der Waals surface area contributed by atoms with Crippen LogP contribution >= 0.6 is 0 Å². The summed E-state index contributed by atoms with van der Waals surface area (Å²) >= 11 is 0. The van der Waals surface area contributed by atoms with Gasteiger partial charge in [-0.3, -0.25) is 9.59 Å². The quantitative estimate of drug-likeness (QED) is 0.804. The third-order valence-electron chi connectivity index (χ3n) is 3.25. The fourth-order valence-corrected chi connectivity index (χ4v) is 2.97. The molecule has 0 saturated heterocycles. The van der Waals surface area contributed by atoms with Gasteiger partial charge in [-0.25, -0.2) is 13.1 Å². The van der Waals surface area contributed by atoms with E-state index in [-0.39, 0.29) is 10.5 Å². The third-order valence-corrected chi connectivity index (χ3v) is 4.59. The number of carbonyl (C=O) groups excluding carboxylic acids is 2. The van der Waals surface area contributed by atoms with Crippen LogP contribution in [0.3, 0.4) is 0 Å². The zero-order chi connectivity index (χ0) is 17.7. The van der Waals surface area contributed by atoms with Crippen LogP contribution in [0.1, 0.15) is 21.5 Å². The van der Waals surface area contributed by atoms with Crippen molar-refractivity contribution < 1.29 is 18.0 Å². The maximum atomic E-state index is 12.2. The molecule has 0 bridgehead atoms. The van der Waals surface area contributed by atoms with E-state index in [9.17, 15) is 18.0 Å². The van der Waals surface area contributed by atoms with E-state index in [2.05, 4.69) is 0 Å². The molecule has 0 heterocycles. The van der Waals surface area contributed by atoms with E-state index >= 15 is 0 Å². The fraction of sp³-hybridized carbons (Fsp3) is 0.0588. The molecule has 0 aliphatic carbocycles. The smallest absolute Gasteiger partial charge is 0.264 e. The fourth-order valence-electron chi connectivity index (χ4n) is 2.00. The van der Waals surface area contributed by atoms with Crippen LogP contribution in [0.5, 0.6) is 0 Å². The van der Waals surface area contributed by atoms with Crippen molar-refractivity contribution in [2.75, 3.05) is 0 Å². The number of primary amides is 1. The molecule has 0 unspecified atom stereocenters. The molecule has 7 heteroatoms. The van der Waals surface area contributed by atoms with Crippen LogP contribution in [0.2, 0.25) is 0 Å². The van der Waals surface area contributed by atoms with E-state index in [1.807, 2.05) is 10.8 Å². The lowest BCUT2D eigenvalue weighted by Crippen LogP contribution is -2.29. The number of aryl methyl sites for hydroxylation is 1. The summed E-state index contributed by atoms with van der Waals surface area (Å²) in [5.74, 6) is -1.53. The van der Waals surface area contributed by atoms with Gasteiger partial charge < -0.3 is 5.73 Å². The van der Waals surface area contributed by atoms with Crippen LogP contribution < -0.4 is 10.5 Å². The molecule has 0 aromatic heterocycles. The molecule has 2 aromatic rings. The Kier molecular flexibility index (Phi) is 5.15. The van der Waals surface area contributed by atoms with E-state index in [0.29, 0.717) is 5.56 Å². The van der Waals surface area contributed by atoms with Gasteiger partial charge in [0.05, 0.1) is 4.90 Å². The Morgan fingerprint density at radius 3 is 2.38 bits per heavy atom. The van der Waals surface area contributed by atoms with Crippen molar-refractivity contribution in [1.29, 1.82) is 0 Å². The van der Waals surface area contributed by atoms with E-state index in [4.69, 9.17) is 5.73 Å². The van der Waals surface area contributed by atoms with Gasteiger partial charge in [-0.1, -0.05) is 36.4 Å². The molecule has 0 fully saturated rings. The van der Waals surface area contributed by atoms with Crippen molar-refractivity contribution in [3.63, 3.8) is 0 Å².